The second kappa shape index (κ2) is 8.07. The third-order valence-electron chi connectivity index (χ3n) is 4.16. The minimum Gasteiger partial charge on any atom is -0.285 e. The van der Waals surface area contributed by atoms with Gasteiger partial charge in [-0.25, -0.2) is 13.4 Å². The first kappa shape index (κ1) is 18.7. The van der Waals surface area contributed by atoms with Crippen molar-refractivity contribution < 1.29 is 13.2 Å². The molecule has 0 atom stereocenters. The minimum absolute atomic E-state index is 0.0620. The Hall–Kier alpha value is -2.09. The largest absolute Gasteiger partial charge is 0.285 e. The third-order valence-corrected chi connectivity index (χ3v) is 5.87. The van der Waals surface area contributed by atoms with Crippen molar-refractivity contribution in [2.24, 2.45) is 0 Å². The van der Waals surface area contributed by atoms with E-state index in [-0.39, 0.29) is 10.8 Å². The van der Waals surface area contributed by atoms with Crippen LogP contribution in [0.2, 0.25) is 5.02 Å². The Balaban J connectivity index is 1.70. The number of nitrogens with one attached hydrogen (secondary N) is 2. The fraction of sp³-hybridized carbons (Fsp3) is 0.278. The van der Waals surface area contributed by atoms with Crippen molar-refractivity contribution >= 4 is 33.2 Å². The van der Waals surface area contributed by atoms with Gasteiger partial charge >= 0.3 is 0 Å². The zero-order valence-electron chi connectivity index (χ0n) is 14.1. The lowest BCUT2D eigenvalue weighted by molar-refractivity contribution is 0.0750. The second-order valence-electron chi connectivity index (χ2n) is 6.10. The summed E-state index contributed by atoms with van der Waals surface area (Å²) in [6, 6.07) is 12.4. The first-order valence-electron chi connectivity index (χ1n) is 8.39. The first-order chi connectivity index (χ1) is 12.5. The zero-order valence-corrected chi connectivity index (χ0v) is 15.7. The highest BCUT2D eigenvalue weighted by Gasteiger charge is 2.18. The summed E-state index contributed by atoms with van der Waals surface area (Å²) in [4.78, 5) is 12.3. The van der Waals surface area contributed by atoms with E-state index in [0.717, 1.165) is 25.9 Å². The molecule has 1 fully saturated rings. The highest BCUT2D eigenvalue weighted by atomic mass is 35.5. The number of carbonyl (C=O) groups is 1. The Morgan fingerprint density at radius 1 is 0.962 bits per heavy atom. The maximum Gasteiger partial charge on any atom is 0.265 e. The topological polar surface area (TPSA) is 78.5 Å². The van der Waals surface area contributed by atoms with E-state index < -0.39 is 10.0 Å². The predicted octanol–water partition coefficient (Wildman–Crippen LogP) is 3.27. The molecule has 0 radical (unpaired) electrons. The lowest BCUT2D eigenvalue weighted by Crippen LogP contribution is -2.45. The summed E-state index contributed by atoms with van der Waals surface area (Å²) in [6.07, 6.45) is 3.30. The number of nitrogens with zero attached hydrogens (tertiary/aromatic N) is 1. The highest BCUT2D eigenvalue weighted by molar-refractivity contribution is 7.92. The summed E-state index contributed by atoms with van der Waals surface area (Å²) >= 11 is 5.99. The van der Waals surface area contributed by atoms with Gasteiger partial charge in [0.1, 0.15) is 0 Å². The molecule has 2 aromatic carbocycles. The van der Waals surface area contributed by atoms with Crippen LogP contribution in [0.5, 0.6) is 0 Å². The fourth-order valence-corrected chi connectivity index (χ4v) is 4.07. The molecule has 1 saturated heterocycles. The van der Waals surface area contributed by atoms with Crippen molar-refractivity contribution in [2.75, 3.05) is 17.8 Å². The summed E-state index contributed by atoms with van der Waals surface area (Å²) in [7, 11) is -3.78. The van der Waals surface area contributed by atoms with Crippen molar-refractivity contribution in [3.63, 3.8) is 0 Å². The van der Waals surface area contributed by atoms with Gasteiger partial charge in [-0.2, -0.15) is 0 Å². The molecule has 2 N–H and O–H groups in total. The molecule has 0 bridgehead atoms. The number of benzene rings is 2. The van der Waals surface area contributed by atoms with Crippen LogP contribution in [0.15, 0.2) is 53.4 Å². The van der Waals surface area contributed by atoms with E-state index in [1.165, 1.54) is 30.7 Å². The van der Waals surface area contributed by atoms with Gasteiger partial charge in [0.2, 0.25) is 0 Å². The van der Waals surface area contributed by atoms with Crippen LogP contribution in [0.4, 0.5) is 5.69 Å². The number of anilines is 1. The van der Waals surface area contributed by atoms with Crippen LogP contribution in [-0.4, -0.2) is 32.4 Å². The van der Waals surface area contributed by atoms with Gasteiger partial charge in [-0.3, -0.25) is 14.9 Å². The molecule has 1 amide bonds. The number of para-hydroxylation sites is 1. The number of amides is 1. The van der Waals surface area contributed by atoms with Gasteiger partial charge in [0.15, 0.2) is 0 Å². The molecule has 1 heterocycles. The average molecular weight is 394 g/mol. The van der Waals surface area contributed by atoms with E-state index in [1.54, 1.807) is 24.3 Å². The molecule has 1 aliphatic heterocycles. The number of hydrogen-bond acceptors (Lipinski definition) is 4. The molecule has 2 aromatic rings. The molecule has 0 unspecified atom stereocenters. The van der Waals surface area contributed by atoms with E-state index in [9.17, 15) is 13.2 Å². The quantitative estimate of drug-likeness (QED) is 0.817. The Labute approximate surface area is 158 Å². The van der Waals surface area contributed by atoms with E-state index in [4.69, 9.17) is 11.6 Å². The molecule has 0 saturated carbocycles. The third kappa shape index (κ3) is 4.55. The van der Waals surface area contributed by atoms with E-state index in [2.05, 4.69) is 10.1 Å². The predicted molar refractivity (Wildman–Crippen MR) is 102 cm³/mol. The fourth-order valence-electron chi connectivity index (χ4n) is 2.75. The maximum absolute atomic E-state index is 12.5. The Bertz CT molecular complexity index is 879. The van der Waals surface area contributed by atoms with E-state index >= 15 is 0 Å². The number of piperidine rings is 1. The number of hydrazine groups is 1. The van der Waals surface area contributed by atoms with E-state index in [1.807, 2.05) is 5.01 Å². The van der Waals surface area contributed by atoms with Gasteiger partial charge in [-0.15, -0.1) is 0 Å². The van der Waals surface area contributed by atoms with Crippen LogP contribution < -0.4 is 10.1 Å². The van der Waals surface area contributed by atoms with Gasteiger partial charge < -0.3 is 0 Å². The molecule has 0 spiro atoms. The highest BCUT2D eigenvalue weighted by Crippen LogP contribution is 2.24. The van der Waals surface area contributed by atoms with Crippen molar-refractivity contribution in [3.8, 4) is 0 Å². The standard InChI is InChI=1S/C18H20ClN3O3S/c19-16-6-2-3-7-17(16)21-26(24,25)15-10-8-14(9-11-15)18(23)20-22-12-4-1-5-13-22/h2-3,6-11,21H,1,4-5,12-13H2,(H,20,23). The van der Waals surface area contributed by atoms with Crippen LogP contribution in [0, 0.1) is 0 Å². The van der Waals surface area contributed by atoms with Crippen LogP contribution >= 0.6 is 11.6 Å². The molecule has 0 aliphatic carbocycles. The molecule has 6 nitrogen and oxygen atoms in total. The SMILES string of the molecule is O=C(NN1CCCCC1)c1ccc(S(=O)(=O)Nc2ccccc2Cl)cc1. The lowest BCUT2D eigenvalue weighted by Gasteiger charge is -2.26. The Morgan fingerprint density at radius 3 is 2.27 bits per heavy atom. The van der Waals surface area contributed by atoms with Gasteiger partial charge in [-0.05, 0) is 49.2 Å². The maximum atomic E-state index is 12.5. The summed E-state index contributed by atoms with van der Waals surface area (Å²) in [5.41, 5.74) is 3.57. The normalized spacial score (nSPS) is 15.4. The van der Waals surface area contributed by atoms with Crippen LogP contribution in [-0.2, 0) is 10.0 Å². The number of rotatable bonds is 5. The van der Waals surface area contributed by atoms with Gasteiger partial charge in [0, 0.05) is 18.7 Å². The lowest BCUT2D eigenvalue weighted by atomic mass is 10.1. The molecular weight excluding hydrogens is 374 g/mol. The Kier molecular flexibility index (Phi) is 5.80. The number of hydrogen-bond donors (Lipinski definition) is 2. The van der Waals surface area contributed by atoms with E-state index in [0.29, 0.717) is 16.3 Å². The Morgan fingerprint density at radius 2 is 1.62 bits per heavy atom. The van der Waals surface area contributed by atoms with Crippen molar-refractivity contribution in [1.29, 1.82) is 0 Å². The number of carbonyl (C=O) groups excluding carboxylic acids is 1. The summed E-state index contributed by atoms with van der Waals surface area (Å²) < 4.78 is 27.4. The van der Waals surface area contributed by atoms with Gasteiger partial charge in [0.05, 0.1) is 15.6 Å². The van der Waals surface area contributed by atoms with Crippen molar-refractivity contribution in [1.82, 2.24) is 10.4 Å². The molecule has 138 valence electrons. The molecule has 8 heteroatoms. The second-order valence-corrected chi connectivity index (χ2v) is 8.19. The smallest absolute Gasteiger partial charge is 0.265 e. The number of halogens is 1. The molecule has 3 rings (SSSR count). The summed E-state index contributed by atoms with van der Waals surface area (Å²) in [5, 5.41) is 2.21. The summed E-state index contributed by atoms with van der Waals surface area (Å²) in [6.45, 7) is 1.67. The van der Waals surface area contributed by atoms with Gasteiger partial charge in [-0.1, -0.05) is 30.2 Å². The van der Waals surface area contributed by atoms with Crippen LogP contribution in [0.3, 0.4) is 0 Å². The van der Waals surface area contributed by atoms with Crippen LogP contribution in [0.25, 0.3) is 0 Å². The van der Waals surface area contributed by atoms with Crippen molar-refractivity contribution in [3.05, 3.63) is 59.1 Å². The monoisotopic (exact) mass is 393 g/mol. The van der Waals surface area contributed by atoms with Crippen molar-refractivity contribution in [2.45, 2.75) is 24.2 Å². The summed E-state index contributed by atoms with van der Waals surface area (Å²) in [5.74, 6) is -0.241. The first-order valence-corrected chi connectivity index (χ1v) is 10.3. The number of sulfonamides is 1. The molecule has 26 heavy (non-hydrogen) atoms. The average Bonchev–Trinajstić information content (AvgIpc) is 2.64. The minimum atomic E-state index is -3.78. The van der Waals surface area contributed by atoms with Gasteiger partial charge in [0.25, 0.3) is 15.9 Å². The van der Waals surface area contributed by atoms with Crippen LogP contribution in [0.1, 0.15) is 29.6 Å². The molecule has 1 aliphatic rings. The molecule has 0 aromatic heterocycles. The zero-order chi connectivity index (χ0) is 18.6. The molecular formula is C18H20ClN3O3S.